The lowest BCUT2D eigenvalue weighted by atomic mass is 10.0. The van der Waals surface area contributed by atoms with Gasteiger partial charge in [-0.3, -0.25) is 4.79 Å². The highest BCUT2D eigenvalue weighted by Crippen LogP contribution is 2.43. The van der Waals surface area contributed by atoms with E-state index in [-0.39, 0.29) is 17.3 Å². The molecule has 0 saturated carbocycles. The lowest BCUT2D eigenvalue weighted by Crippen LogP contribution is -2.19. The number of nitrogens with zero attached hydrogens (tertiary/aromatic N) is 2. The van der Waals surface area contributed by atoms with Crippen LogP contribution in [0.4, 0.5) is 4.39 Å². The van der Waals surface area contributed by atoms with Crippen LogP contribution >= 0.6 is 15.9 Å². The van der Waals surface area contributed by atoms with E-state index >= 15 is 0 Å². The van der Waals surface area contributed by atoms with Gasteiger partial charge in [-0.15, -0.1) is 0 Å². The van der Waals surface area contributed by atoms with E-state index in [1.165, 1.54) is 17.7 Å². The first-order valence-electron chi connectivity index (χ1n) is 5.55. The summed E-state index contributed by atoms with van der Waals surface area (Å²) >= 11 is 3.28. The number of halogens is 2. The van der Waals surface area contributed by atoms with E-state index in [1.807, 2.05) is 6.92 Å². The molecule has 0 saturated heterocycles. The Morgan fingerprint density at radius 2 is 2.39 bits per heavy atom. The zero-order chi connectivity index (χ0) is 13.0. The zero-order valence-electron chi connectivity index (χ0n) is 9.83. The van der Waals surface area contributed by atoms with Gasteiger partial charge in [0.2, 0.25) is 5.91 Å². The molecule has 1 aliphatic rings. The van der Waals surface area contributed by atoms with Crippen molar-refractivity contribution in [3.63, 3.8) is 0 Å². The Kier molecular flexibility index (Phi) is 2.45. The van der Waals surface area contributed by atoms with Crippen LogP contribution in [0.2, 0.25) is 0 Å². The van der Waals surface area contributed by atoms with Crippen LogP contribution in [0, 0.1) is 5.82 Å². The van der Waals surface area contributed by atoms with E-state index in [2.05, 4.69) is 21.0 Å². The molecule has 1 atom stereocenters. The van der Waals surface area contributed by atoms with E-state index in [1.54, 1.807) is 0 Å². The van der Waals surface area contributed by atoms with Crippen molar-refractivity contribution in [1.29, 1.82) is 0 Å². The molecule has 0 spiro atoms. The fourth-order valence-corrected chi connectivity index (χ4v) is 2.82. The van der Waals surface area contributed by atoms with Gasteiger partial charge >= 0.3 is 0 Å². The molecule has 0 aliphatic carbocycles. The monoisotopic (exact) mass is 312 g/mol. The lowest BCUT2D eigenvalue weighted by molar-refractivity contribution is 0.0915. The molecule has 1 aliphatic heterocycles. The molecule has 0 N–H and O–H groups in total. The molecule has 0 fully saturated rings. The van der Waals surface area contributed by atoms with Crippen LogP contribution in [0.3, 0.4) is 0 Å². The third-order valence-electron chi connectivity index (χ3n) is 3.09. The molecule has 6 heteroatoms. The highest BCUT2D eigenvalue weighted by Gasteiger charge is 2.30. The molecular weight excluding hydrogens is 303 g/mol. The topological polar surface area (TPSA) is 44.1 Å². The van der Waals surface area contributed by atoms with E-state index in [0.717, 1.165) is 5.69 Å². The van der Waals surface area contributed by atoms with Crippen molar-refractivity contribution in [3.8, 4) is 5.75 Å². The largest absolute Gasteiger partial charge is 0.491 e. The quantitative estimate of drug-likeness (QED) is 0.751. The maximum Gasteiger partial charge on any atom is 0.244 e. The third kappa shape index (κ3) is 1.41. The second-order valence-electron chi connectivity index (χ2n) is 4.42. The second-order valence-corrected chi connectivity index (χ2v) is 5.28. The zero-order valence-corrected chi connectivity index (χ0v) is 11.4. The number of carbonyl (C=O) groups is 1. The fraction of sp³-hybridized carbons (Fsp3) is 0.333. The van der Waals surface area contributed by atoms with Gasteiger partial charge in [0, 0.05) is 12.8 Å². The Hall–Kier alpha value is -1.43. The van der Waals surface area contributed by atoms with Gasteiger partial charge < -0.3 is 4.74 Å². The second kappa shape index (κ2) is 3.78. The van der Waals surface area contributed by atoms with Crippen LogP contribution in [-0.4, -0.2) is 22.3 Å². The summed E-state index contributed by atoms with van der Waals surface area (Å²) in [5.41, 5.74) is 0.906. The average Bonchev–Trinajstić information content (AvgIpc) is 2.69. The summed E-state index contributed by atoms with van der Waals surface area (Å²) in [6.07, 6.45) is 0. The molecule has 94 valence electrons. The summed E-state index contributed by atoms with van der Waals surface area (Å²) in [6.45, 7) is 3.79. The molecule has 1 aromatic carbocycles. The van der Waals surface area contributed by atoms with Crippen LogP contribution < -0.4 is 4.74 Å². The van der Waals surface area contributed by atoms with Gasteiger partial charge in [-0.05, 0) is 22.0 Å². The molecule has 3 rings (SSSR count). The van der Waals surface area contributed by atoms with Gasteiger partial charge in [0.25, 0.3) is 0 Å². The van der Waals surface area contributed by atoms with Crippen molar-refractivity contribution in [3.05, 3.63) is 22.1 Å². The number of ether oxygens (including phenoxy) is 1. The van der Waals surface area contributed by atoms with Crippen molar-refractivity contribution in [1.82, 2.24) is 9.78 Å². The Morgan fingerprint density at radius 3 is 3.06 bits per heavy atom. The minimum Gasteiger partial charge on any atom is -0.491 e. The minimum atomic E-state index is -0.459. The van der Waals surface area contributed by atoms with Gasteiger partial charge in [0.05, 0.1) is 22.2 Å². The number of hydrogen-bond acceptors (Lipinski definition) is 3. The van der Waals surface area contributed by atoms with E-state index in [4.69, 9.17) is 4.74 Å². The first-order valence-corrected chi connectivity index (χ1v) is 6.34. The predicted octanol–water partition coefficient (Wildman–Crippen LogP) is 3.09. The standard InChI is InChI=1S/C12H10BrFN2O2/c1-5-4-18-12-7(13)3-8(14)10-9(12)11(5)16(15-10)6(2)17/h3,5H,4H2,1-2H3. The summed E-state index contributed by atoms with van der Waals surface area (Å²) in [6, 6.07) is 1.31. The summed E-state index contributed by atoms with van der Waals surface area (Å²) < 4.78 is 21.3. The molecule has 1 unspecified atom stereocenters. The van der Waals surface area contributed by atoms with Crippen LogP contribution in [-0.2, 0) is 0 Å². The molecule has 0 bridgehead atoms. The van der Waals surface area contributed by atoms with Crippen LogP contribution in [0.25, 0.3) is 10.9 Å². The Morgan fingerprint density at radius 1 is 1.67 bits per heavy atom. The molecule has 1 aromatic heterocycles. The van der Waals surface area contributed by atoms with E-state index in [0.29, 0.717) is 22.2 Å². The summed E-state index contributed by atoms with van der Waals surface area (Å²) in [7, 11) is 0. The maximum atomic E-state index is 13.9. The highest BCUT2D eigenvalue weighted by molar-refractivity contribution is 9.10. The number of aromatic nitrogens is 2. The summed E-state index contributed by atoms with van der Waals surface area (Å²) in [5.74, 6) is -0.122. The van der Waals surface area contributed by atoms with Crippen molar-refractivity contribution >= 4 is 32.7 Å². The summed E-state index contributed by atoms with van der Waals surface area (Å²) in [4.78, 5) is 11.6. The SMILES string of the molecule is CC(=O)n1nc2c(F)cc(Br)c3c2c1C(C)CO3. The number of benzene rings is 1. The Balaban J connectivity index is 2.51. The van der Waals surface area contributed by atoms with Gasteiger partial charge in [-0.25, -0.2) is 9.07 Å². The molecule has 18 heavy (non-hydrogen) atoms. The first kappa shape index (κ1) is 11.6. The predicted molar refractivity (Wildman–Crippen MR) is 67.6 cm³/mol. The molecule has 0 amide bonds. The number of hydrogen-bond donors (Lipinski definition) is 0. The smallest absolute Gasteiger partial charge is 0.244 e. The normalized spacial score (nSPS) is 17.9. The number of rotatable bonds is 0. The van der Waals surface area contributed by atoms with E-state index < -0.39 is 5.82 Å². The van der Waals surface area contributed by atoms with Crippen molar-refractivity contribution in [2.24, 2.45) is 0 Å². The highest BCUT2D eigenvalue weighted by atomic mass is 79.9. The Labute approximate surface area is 111 Å². The van der Waals surface area contributed by atoms with Crippen LogP contribution in [0.5, 0.6) is 5.75 Å². The van der Waals surface area contributed by atoms with Gasteiger partial charge in [-0.1, -0.05) is 6.92 Å². The van der Waals surface area contributed by atoms with Gasteiger partial charge in [-0.2, -0.15) is 5.10 Å². The third-order valence-corrected chi connectivity index (χ3v) is 3.68. The van der Waals surface area contributed by atoms with Gasteiger partial charge in [0.1, 0.15) is 11.3 Å². The van der Waals surface area contributed by atoms with Crippen molar-refractivity contribution in [2.75, 3.05) is 6.61 Å². The summed E-state index contributed by atoms with van der Waals surface area (Å²) in [5, 5.41) is 4.66. The molecule has 0 radical (unpaired) electrons. The first-order chi connectivity index (χ1) is 8.50. The van der Waals surface area contributed by atoms with Crippen LogP contribution in [0.15, 0.2) is 10.5 Å². The maximum absolute atomic E-state index is 13.9. The van der Waals surface area contributed by atoms with Crippen molar-refractivity contribution < 1.29 is 13.9 Å². The Bertz CT molecular complexity index is 681. The van der Waals surface area contributed by atoms with E-state index in [9.17, 15) is 9.18 Å². The minimum absolute atomic E-state index is 0.0000926. The fourth-order valence-electron chi connectivity index (χ4n) is 2.31. The molecule has 2 aromatic rings. The molecular formula is C12H10BrFN2O2. The van der Waals surface area contributed by atoms with Crippen LogP contribution in [0.1, 0.15) is 30.3 Å². The molecule has 4 nitrogen and oxygen atoms in total. The number of carbonyl (C=O) groups excluding carboxylic acids is 1. The van der Waals surface area contributed by atoms with Gasteiger partial charge in [0.15, 0.2) is 5.82 Å². The van der Waals surface area contributed by atoms with Crippen molar-refractivity contribution in [2.45, 2.75) is 19.8 Å². The molecule has 2 heterocycles. The lowest BCUT2D eigenvalue weighted by Gasteiger charge is -2.21. The average molecular weight is 313 g/mol.